The average molecular weight is 342 g/mol. The van der Waals surface area contributed by atoms with Gasteiger partial charge in [-0.25, -0.2) is 4.98 Å². The number of nitrogens with one attached hydrogen (secondary N) is 2. The quantitative estimate of drug-likeness (QED) is 0.723. The van der Waals surface area contributed by atoms with E-state index in [1.807, 2.05) is 0 Å². The number of aryl methyl sites for hydroxylation is 2. The Labute approximate surface area is 143 Å². The Kier molecular flexibility index (Phi) is 3.45. The Balaban J connectivity index is 1.63. The number of fused-ring (bicyclic) bond motifs is 1. The van der Waals surface area contributed by atoms with Crippen LogP contribution in [0.2, 0.25) is 0 Å². The Bertz CT molecular complexity index is 956. The van der Waals surface area contributed by atoms with Crippen LogP contribution in [0.5, 0.6) is 0 Å². The molecule has 1 amide bonds. The molecule has 1 saturated carbocycles. The number of anilines is 1. The van der Waals surface area contributed by atoms with E-state index in [9.17, 15) is 4.79 Å². The number of carbonyl (C=O) groups excluding carboxylic acids is 1. The van der Waals surface area contributed by atoms with Gasteiger partial charge in [0.15, 0.2) is 5.82 Å². The topological polar surface area (TPSA) is 119 Å². The van der Waals surface area contributed by atoms with Crippen molar-refractivity contribution in [3.8, 4) is 0 Å². The maximum absolute atomic E-state index is 12.6. The first-order valence-electron chi connectivity index (χ1n) is 8.05. The molecule has 1 aliphatic carbocycles. The molecule has 0 aliphatic heterocycles. The third-order valence-corrected chi connectivity index (χ3v) is 4.18. The van der Waals surface area contributed by atoms with Crippen LogP contribution in [0, 0.1) is 13.8 Å². The van der Waals surface area contributed by atoms with E-state index in [4.69, 9.17) is 8.94 Å². The Hall–Kier alpha value is -2.97. The number of amides is 1. The molecule has 2 N–H and O–H groups in total. The van der Waals surface area contributed by atoms with Gasteiger partial charge in [-0.15, -0.1) is 0 Å². The molecule has 0 saturated heterocycles. The lowest BCUT2D eigenvalue weighted by Gasteiger charge is -2.13. The van der Waals surface area contributed by atoms with Crippen LogP contribution < -0.4 is 10.6 Å². The summed E-state index contributed by atoms with van der Waals surface area (Å²) in [6.07, 6.45) is 3.52. The predicted octanol–water partition coefficient (Wildman–Crippen LogP) is 2.12. The summed E-state index contributed by atoms with van der Waals surface area (Å²) in [6.45, 7) is 5.77. The largest absolute Gasteiger partial charge is 0.445 e. The lowest BCUT2D eigenvalue weighted by molar-refractivity contribution is 0.0947. The molecule has 9 nitrogen and oxygen atoms in total. The number of hydrogen-bond acceptors (Lipinski definition) is 8. The molecule has 1 aliphatic rings. The van der Waals surface area contributed by atoms with E-state index in [1.54, 1.807) is 13.8 Å². The van der Waals surface area contributed by atoms with Crippen molar-refractivity contribution in [2.75, 3.05) is 5.32 Å². The first-order chi connectivity index (χ1) is 11.9. The fourth-order valence-electron chi connectivity index (χ4n) is 2.57. The normalized spacial score (nSPS) is 15.3. The molecule has 0 aromatic carbocycles. The maximum Gasteiger partial charge on any atom is 0.255 e. The number of hydrogen-bond donors (Lipinski definition) is 2. The number of nitrogens with zero attached hydrogens (tertiary/aromatic N) is 4. The standard InChI is InChI=1S/C16H18N6O3/c1-8-19-13(21-16(3)4-5-16)12-10(7-24-15(12)20-8)14(23)17-6-11-18-9(2)22-25-11/h7H,4-6H2,1-3H3,(H,17,23)(H,19,20,21). The van der Waals surface area contributed by atoms with Crippen molar-refractivity contribution in [1.29, 1.82) is 0 Å². The van der Waals surface area contributed by atoms with Crippen LogP contribution in [0.1, 0.15) is 47.7 Å². The van der Waals surface area contributed by atoms with E-state index in [-0.39, 0.29) is 18.0 Å². The number of furan rings is 1. The molecule has 25 heavy (non-hydrogen) atoms. The van der Waals surface area contributed by atoms with E-state index < -0.39 is 0 Å². The van der Waals surface area contributed by atoms with Crippen LogP contribution >= 0.6 is 0 Å². The van der Waals surface area contributed by atoms with E-state index in [2.05, 4.69) is 37.7 Å². The van der Waals surface area contributed by atoms with Gasteiger partial charge < -0.3 is 19.6 Å². The first-order valence-corrected chi connectivity index (χ1v) is 8.05. The van der Waals surface area contributed by atoms with Gasteiger partial charge in [0.1, 0.15) is 17.9 Å². The highest BCUT2D eigenvalue weighted by molar-refractivity contribution is 6.08. The summed E-state index contributed by atoms with van der Waals surface area (Å²) in [5.41, 5.74) is 0.774. The number of rotatable bonds is 5. The lowest BCUT2D eigenvalue weighted by atomic mass is 10.2. The fraction of sp³-hybridized carbons (Fsp3) is 0.438. The highest BCUT2D eigenvalue weighted by Crippen LogP contribution is 2.39. The van der Waals surface area contributed by atoms with Gasteiger partial charge >= 0.3 is 0 Å². The summed E-state index contributed by atoms with van der Waals surface area (Å²) in [5, 5.41) is 10.4. The predicted molar refractivity (Wildman–Crippen MR) is 88.0 cm³/mol. The van der Waals surface area contributed by atoms with Gasteiger partial charge in [0.2, 0.25) is 11.6 Å². The summed E-state index contributed by atoms with van der Waals surface area (Å²) in [6, 6.07) is 0. The van der Waals surface area contributed by atoms with Crippen molar-refractivity contribution < 1.29 is 13.7 Å². The first kappa shape index (κ1) is 15.6. The second kappa shape index (κ2) is 5.54. The van der Waals surface area contributed by atoms with Crippen molar-refractivity contribution >= 4 is 22.8 Å². The summed E-state index contributed by atoms with van der Waals surface area (Å²) >= 11 is 0. The lowest BCUT2D eigenvalue weighted by Crippen LogP contribution is -2.23. The second-order valence-electron chi connectivity index (χ2n) is 6.55. The van der Waals surface area contributed by atoms with E-state index in [0.29, 0.717) is 40.0 Å². The Morgan fingerprint density at radius 1 is 1.24 bits per heavy atom. The molecule has 3 aromatic rings. The Morgan fingerprint density at radius 2 is 2.04 bits per heavy atom. The SMILES string of the molecule is Cc1noc(CNC(=O)c2coc3nc(C)nc(NC4(C)CC4)c23)n1. The fourth-order valence-corrected chi connectivity index (χ4v) is 2.57. The third-order valence-electron chi connectivity index (χ3n) is 4.18. The molecule has 0 atom stereocenters. The molecule has 130 valence electrons. The Morgan fingerprint density at radius 3 is 2.72 bits per heavy atom. The molecule has 3 heterocycles. The zero-order chi connectivity index (χ0) is 17.6. The molecule has 1 fully saturated rings. The van der Waals surface area contributed by atoms with E-state index in [1.165, 1.54) is 6.26 Å². The summed E-state index contributed by atoms with van der Waals surface area (Å²) in [5.74, 6) is 1.75. The monoisotopic (exact) mass is 342 g/mol. The second-order valence-corrected chi connectivity index (χ2v) is 6.55. The average Bonchev–Trinajstić information content (AvgIpc) is 2.97. The molecule has 3 aromatic heterocycles. The summed E-state index contributed by atoms with van der Waals surface area (Å²) in [4.78, 5) is 25.4. The molecular weight excluding hydrogens is 324 g/mol. The highest BCUT2D eigenvalue weighted by Gasteiger charge is 2.38. The molecular formula is C16H18N6O3. The minimum Gasteiger partial charge on any atom is -0.445 e. The molecule has 9 heteroatoms. The van der Waals surface area contributed by atoms with Crippen LogP contribution in [-0.2, 0) is 6.54 Å². The highest BCUT2D eigenvalue weighted by atomic mass is 16.5. The minimum absolute atomic E-state index is 0.0139. The maximum atomic E-state index is 12.6. The van der Waals surface area contributed by atoms with Crippen molar-refractivity contribution in [1.82, 2.24) is 25.4 Å². The van der Waals surface area contributed by atoms with E-state index in [0.717, 1.165) is 12.8 Å². The van der Waals surface area contributed by atoms with Gasteiger partial charge in [-0.1, -0.05) is 5.16 Å². The van der Waals surface area contributed by atoms with Gasteiger partial charge in [-0.3, -0.25) is 4.79 Å². The van der Waals surface area contributed by atoms with Crippen LogP contribution in [0.3, 0.4) is 0 Å². The van der Waals surface area contributed by atoms with Crippen LogP contribution in [-0.4, -0.2) is 31.6 Å². The molecule has 0 spiro atoms. The summed E-state index contributed by atoms with van der Waals surface area (Å²) in [7, 11) is 0. The summed E-state index contributed by atoms with van der Waals surface area (Å²) < 4.78 is 10.5. The zero-order valence-electron chi connectivity index (χ0n) is 14.2. The number of aromatic nitrogens is 4. The van der Waals surface area contributed by atoms with Gasteiger partial charge in [-0.05, 0) is 33.6 Å². The van der Waals surface area contributed by atoms with Crippen molar-refractivity contribution in [2.24, 2.45) is 0 Å². The van der Waals surface area contributed by atoms with E-state index >= 15 is 0 Å². The zero-order valence-corrected chi connectivity index (χ0v) is 14.2. The van der Waals surface area contributed by atoms with Crippen molar-refractivity contribution in [2.45, 2.75) is 45.7 Å². The smallest absolute Gasteiger partial charge is 0.255 e. The van der Waals surface area contributed by atoms with Gasteiger partial charge in [0, 0.05) is 5.54 Å². The minimum atomic E-state index is -0.314. The number of carbonyl (C=O) groups is 1. The third kappa shape index (κ3) is 3.04. The van der Waals surface area contributed by atoms with Crippen LogP contribution in [0.15, 0.2) is 15.2 Å². The van der Waals surface area contributed by atoms with Gasteiger partial charge in [0.25, 0.3) is 5.91 Å². The van der Waals surface area contributed by atoms with Crippen molar-refractivity contribution in [3.63, 3.8) is 0 Å². The van der Waals surface area contributed by atoms with Crippen LogP contribution in [0.4, 0.5) is 5.82 Å². The van der Waals surface area contributed by atoms with Crippen molar-refractivity contribution in [3.05, 3.63) is 29.4 Å². The molecule has 0 radical (unpaired) electrons. The van der Waals surface area contributed by atoms with Gasteiger partial charge in [0.05, 0.1) is 17.5 Å². The molecule has 0 unspecified atom stereocenters. The molecule has 0 bridgehead atoms. The van der Waals surface area contributed by atoms with Crippen LogP contribution in [0.25, 0.3) is 11.1 Å². The van der Waals surface area contributed by atoms with Gasteiger partial charge in [-0.2, -0.15) is 9.97 Å². The molecule has 4 rings (SSSR count).